The summed E-state index contributed by atoms with van der Waals surface area (Å²) < 4.78 is 16.5. The summed E-state index contributed by atoms with van der Waals surface area (Å²) in [4.78, 5) is 0. The van der Waals surface area contributed by atoms with Crippen LogP contribution in [-0.4, -0.2) is 6.86 Å². The second-order valence-corrected chi connectivity index (χ2v) is 3.21. The first-order valence-electron chi connectivity index (χ1n) is 4.93. The maximum atomic E-state index is 11.8. The van der Waals surface area contributed by atoms with E-state index in [0.717, 1.165) is 25.7 Å². The Morgan fingerprint density at radius 3 is 2.43 bits per heavy atom. The Kier molecular flexibility index (Phi) is 5.05. The minimum atomic E-state index is -0.763. The molecular formula is C12H16FO. The normalized spacial score (nSPS) is 10.1. The van der Waals surface area contributed by atoms with Crippen molar-refractivity contribution in [2.45, 2.75) is 25.7 Å². The van der Waals surface area contributed by atoms with Crippen molar-refractivity contribution in [1.82, 2.24) is 0 Å². The number of benzene rings is 1. The van der Waals surface area contributed by atoms with Gasteiger partial charge in [0.05, 0.1) is 0 Å². The maximum Gasteiger partial charge on any atom is 0.228 e. The second kappa shape index (κ2) is 6.41. The molecule has 0 N–H and O–H groups in total. The van der Waals surface area contributed by atoms with E-state index in [0.29, 0.717) is 5.75 Å². The molecule has 0 aliphatic heterocycles. The van der Waals surface area contributed by atoms with Crippen LogP contribution in [-0.2, 0) is 6.42 Å². The van der Waals surface area contributed by atoms with Crippen LogP contribution in [0.25, 0.3) is 0 Å². The molecule has 0 unspecified atom stereocenters. The minimum Gasteiger partial charge on any atom is -0.463 e. The fourth-order valence-corrected chi connectivity index (χ4v) is 1.32. The summed E-state index contributed by atoms with van der Waals surface area (Å²) in [6, 6.07) is 7.57. The van der Waals surface area contributed by atoms with Crippen molar-refractivity contribution in [3.05, 3.63) is 36.8 Å². The van der Waals surface area contributed by atoms with Crippen molar-refractivity contribution in [3.63, 3.8) is 0 Å². The quantitative estimate of drug-likeness (QED) is 0.631. The van der Waals surface area contributed by atoms with Crippen LogP contribution in [0, 0.1) is 6.92 Å². The van der Waals surface area contributed by atoms with Gasteiger partial charge in [-0.2, -0.15) is 0 Å². The molecule has 0 saturated heterocycles. The molecule has 0 amide bonds. The third-order valence-electron chi connectivity index (χ3n) is 2.11. The first-order chi connectivity index (χ1) is 6.86. The van der Waals surface area contributed by atoms with Gasteiger partial charge in [0, 0.05) is 0 Å². The number of halogens is 1. The van der Waals surface area contributed by atoms with Crippen LogP contribution in [0.2, 0.25) is 0 Å². The van der Waals surface area contributed by atoms with Gasteiger partial charge >= 0.3 is 0 Å². The zero-order chi connectivity index (χ0) is 10.2. The van der Waals surface area contributed by atoms with Gasteiger partial charge in [-0.1, -0.05) is 31.9 Å². The molecular weight excluding hydrogens is 179 g/mol. The lowest BCUT2D eigenvalue weighted by Crippen LogP contribution is -1.90. The molecule has 0 spiro atoms. The van der Waals surface area contributed by atoms with Gasteiger partial charge in [0.15, 0.2) is 0 Å². The molecule has 0 aliphatic carbocycles. The van der Waals surface area contributed by atoms with Crippen LogP contribution >= 0.6 is 0 Å². The van der Waals surface area contributed by atoms with Crippen LogP contribution in [0.15, 0.2) is 24.3 Å². The average Bonchev–Trinajstić information content (AvgIpc) is 2.21. The van der Waals surface area contributed by atoms with Gasteiger partial charge < -0.3 is 4.74 Å². The molecule has 1 aromatic rings. The van der Waals surface area contributed by atoms with E-state index in [-0.39, 0.29) is 0 Å². The molecule has 2 heteroatoms. The summed E-state index contributed by atoms with van der Waals surface area (Å²) in [6.07, 6.45) is 4.37. The van der Waals surface area contributed by atoms with Crippen molar-refractivity contribution < 1.29 is 9.13 Å². The molecule has 0 aliphatic rings. The highest BCUT2D eigenvalue weighted by molar-refractivity contribution is 5.27. The van der Waals surface area contributed by atoms with E-state index in [1.165, 1.54) is 5.56 Å². The third kappa shape index (κ3) is 3.77. The summed E-state index contributed by atoms with van der Waals surface area (Å²) >= 11 is 0. The van der Waals surface area contributed by atoms with Gasteiger partial charge in [-0.25, -0.2) is 4.39 Å². The Morgan fingerprint density at radius 1 is 1.14 bits per heavy atom. The zero-order valence-electron chi connectivity index (χ0n) is 8.34. The van der Waals surface area contributed by atoms with E-state index in [4.69, 9.17) is 4.74 Å². The van der Waals surface area contributed by atoms with Crippen LogP contribution in [0.3, 0.4) is 0 Å². The van der Waals surface area contributed by atoms with E-state index in [2.05, 4.69) is 6.92 Å². The van der Waals surface area contributed by atoms with Gasteiger partial charge in [0.2, 0.25) is 6.86 Å². The molecule has 0 saturated carbocycles. The van der Waals surface area contributed by atoms with Gasteiger partial charge in [-0.3, -0.25) is 0 Å². The first kappa shape index (κ1) is 11.0. The molecule has 0 fully saturated rings. The topological polar surface area (TPSA) is 9.23 Å². The van der Waals surface area contributed by atoms with E-state index in [9.17, 15) is 4.39 Å². The lowest BCUT2D eigenvalue weighted by molar-refractivity contribution is 0.191. The van der Waals surface area contributed by atoms with Crippen molar-refractivity contribution in [3.8, 4) is 5.75 Å². The molecule has 1 aromatic carbocycles. The van der Waals surface area contributed by atoms with Gasteiger partial charge in [0.1, 0.15) is 5.75 Å². The highest BCUT2D eigenvalue weighted by atomic mass is 19.1. The van der Waals surface area contributed by atoms with Crippen molar-refractivity contribution in [2.75, 3.05) is 6.86 Å². The monoisotopic (exact) mass is 195 g/mol. The van der Waals surface area contributed by atoms with E-state index >= 15 is 0 Å². The smallest absolute Gasteiger partial charge is 0.228 e. The number of ether oxygens (including phenoxy) is 1. The SMILES string of the molecule is [CH2]CCCCc1ccc(OCF)cc1. The Balaban J connectivity index is 2.38. The predicted molar refractivity (Wildman–Crippen MR) is 56.0 cm³/mol. The molecule has 1 radical (unpaired) electrons. The predicted octanol–water partition coefficient (Wildman–Crippen LogP) is 3.54. The van der Waals surface area contributed by atoms with Gasteiger partial charge in [0.25, 0.3) is 0 Å². The van der Waals surface area contributed by atoms with Gasteiger partial charge in [-0.15, -0.1) is 0 Å². The number of rotatable bonds is 6. The number of hydrogen-bond donors (Lipinski definition) is 0. The average molecular weight is 195 g/mol. The standard InChI is InChI=1S/C12H16FO/c1-2-3-4-5-11-6-8-12(9-7-11)14-10-13/h6-9H,1-5,10H2. The highest BCUT2D eigenvalue weighted by Gasteiger charge is 1.95. The molecule has 77 valence electrons. The summed E-state index contributed by atoms with van der Waals surface area (Å²) in [6.45, 7) is 3.03. The van der Waals surface area contributed by atoms with E-state index < -0.39 is 6.86 Å². The van der Waals surface area contributed by atoms with Crippen molar-refractivity contribution >= 4 is 0 Å². The molecule has 0 bridgehead atoms. The Labute approximate surface area is 84.9 Å². The van der Waals surface area contributed by atoms with Crippen LogP contribution in [0.1, 0.15) is 24.8 Å². The second-order valence-electron chi connectivity index (χ2n) is 3.21. The Bertz CT molecular complexity index is 243. The lowest BCUT2D eigenvalue weighted by Gasteiger charge is -2.03. The fourth-order valence-electron chi connectivity index (χ4n) is 1.32. The number of unbranched alkanes of at least 4 members (excludes halogenated alkanes) is 2. The third-order valence-corrected chi connectivity index (χ3v) is 2.11. The Hall–Kier alpha value is -1.05. The number of alkyl halides is 1. The molecule has 1 rings (SSSR count). The number of hydrogen-bond acceptors (Lipinski definition) is 1. The summed E-state index contributed by atoms with van der Waals surface area (Å²) in [5.74, 6) is 0.591. The van der Waals surface area contributed by atoms with Crippen LogP contribution in [0.5, 0.6) is 5.75 Å². The van der Waals surface area contributed by atoms with E-state index in [1.54, 1.807) is 12.1 Å². The van der Waals surface area contributed by atoms with Gasteiger partial charge in [-0.05, 0) is 30.5 Å². The zero-order valence-corrected chi connectivity index (χ0v) is 8.34. The molecule has 0 atom stereocenters. The number of aryl methyl sites for hydroxylation is 1. The highest BCUT2D eigenvalue weighted by Crippen LogP contribution is 2.14. The Morgan fingerprint density at radius 2 is 1.86 bits per heavy atom. The molecule has 0 aromatic heterocycles. The maximum absolute atomic E-state index is 11.8. The molecule has 0 heterocycles. The largest absolute Gasteiger partial charge is 0.463 e. The van der Waals surface area contributed by atoms with Crippen molar-refractivity contribution in [1.29, 1.82) is 0 Å². The van der Waals surface area contributed by atoms with Crippen molar-refractivity contribution in [2.24, 2.45) is 0 Å². The summed E-state index contributed by atoms with van der Waals surface area (Å²) in [5.41, 5.74) is 1.27. The fraction of sp³-hybridized carbons (Fsp3) is 0.417. The molecule has 1 nitrogen and oxygen atoms in total. The van der Waals surface area contributed by atoms with E-state index in [1.807, 2.05) is 12.1 Å². The van der Waals surface area contributed by atoms with Crippen LogP contribution in [0.4, 0.5) is 4.39 Å². The minimum absolute atomic E-state index is 0.591. The molecule has 14 heavy (non-hydrogen) atoms. The summed E-state index contributed by atoms with van der Waals surface area (Å²) in [7, 11) is 0. The van der Waals surface area contributed by atoms with Crippen LogP contribution < -0.4 is 4.74 Å². The lowest BCUT2D eigenvalue weighted by atomic mass is 10.1. The summed E-state index contributed by atoms with van der Waals surface area (Å²) in [5, 5.41) is 0. The first-order valence-corrected chi connectivity index (χ1v) is 4.93.